The predicted molar refractivity (Wildman–Crippen MR) is 64.4 cm³/mol. The van der Waals surface area contributed by atoms with Crippen LogP contribution in [0.5, 0.6) is 0 Å². The molecule has 1 aromatic rings. The lowest BCUT2D eigenvalue weighted by Gasteiger charge is -2.21. The highest BCUT2D eigenvalue weighted by Gasteiger charge is 2.17. The van der Waals surface area contributed by atoms with E-state index in [2.05, 4.69) is 20.7 Å². The maximum atomic E-state index is 13.0. The highest BCUT2D eigenvalue weighted by Crippen LogP contribution is 2.16. The first kappa shape index (κ1) is 13.0. The number of carbonyl (C=O) groups excluding carboxylic acids is 1. The topological polar surface area (TPSA) is 29.5 Å². The fourth-order valence-electron chi connectivity index (χ4n) is 1.26. The van der Waals surface area contributed by atoms with Crippen molar-refractivity contribution in [1.29, 1.82) is 0 Å². The second-order valence-corrected chi connectivity index (χ2v) is 4.46. The van der Waals surface area contributed by atoms with Crippen LogP contribution < -0.4 is 4.90 Å². The third-order valence-corrected chi connectivity index (χ3v) is 2.80. The second kappa shape index (κ2) is 5.84. The first-order chi connectivity index (χ1) is 7.54. The van der Waals surface area contributed by atoms with Gasteiger partial charge >= 0.3 is 5.97 Å². The molecule has 1 aromatic carbocycles. The zero-order valence-electron chi connectivity index (χ0n) is 9.11. The summed E-state index contributed by atoms with van der Waals surface area (Å²) >= 11 is 3.21. The van der Waals surface area contributed by atoms with E-state index in [1.165, 1.54) is 19.2 Å². The summed E-state index contributed by atoms with van der Waals surface area (Å²) in [6.07, 6.45) is 0. The quantitative estimate of drug-likeness (QED) is 0.629. The molecule has 0 aromatic heterocycles. The minimum atomic E-state index is -0.425. The van der Waals surface area contributed by atoms with Gasteiger partial charge in [0.05, 0.1) is 7.11 Å². The summed E-state index contributed by atoms with van der Waals surface area (Å²) < 4.78 is 17.5. The first-order valence-corrected chi connectivity index (χ1v) is 5.64. The van der Waals surface area contributed by atoms with Gasteiger partial charge in [0, 0.05) is 19.3 Å². The van der Waals surface area contributed by atoms with Crippen LogP contribution in [-0.2, 0) is 9.53 Å². The molecule has 0 heterocycles. The van der Waals surface area contributed by atoms with Crippen LogP contribution >= 0.6 is 15.9 Å². The maximum absolute atomic E-state index is 13.0. The van der Waals surface area contributed by atoms with Crippen molar-refractivity contribution >= 4 is 27.6 Å². The Bertz CT molecular complexity index is 373. The second-order valence-electron chi connectivity index (χ2n) is 3.35. The van der Waals surface area contributed by atoms with Crippen LogP contribution in [0.4, 0.5) is 10.1 Å². The number of hydrogen-bond acceptors (Lipinski definition) is 3. The molecule has 1 unspecified atom stereocenters. The van der Waals surface area contributed by atoms with Crippen LogP contribution in [0.3, 0.4) is 0 Å². The molecule has 88 valence electrons. The zero-order chi connectivity index (χ0) is 12.1. The van der Waals surface area contributed by atoms with E-state index in [9.17, 15) is 9.18 Å². The lowest BCUT2D eigenvalue weighted by atomic mass is 10.2. The van der Waals surface area contributed by atoms with Gasteiger partial charge < -0.3 is 9.64 Å². The fraction of sp³-hybridized carbons (Fsp3) is 0.364. The first-order valence-electron chi connectivity index (χ1n) is 4.73. The summed E-state index contributed by atoms with van der Waals surface area (Å²) in [5, 5.41) is 0. The van der Waals surface area contributed by atoms with E-state index < -0.39 is 4.83 Å². The van der Waals surface area contributed by atoms with Crippen molar-refractivity contribution in [2.24, 2.45) is 0 Å². The molecule has 0 amide bonds. The molecule has 16 heavy (non-hydrogen) atoms. The van der Waals surface area contributed by atoms with E-state index in [0.717, 1.165) is 0 Å². The Hall–Kier alpha value is -1.10. The lowest BCUT2D eigenvalue weighted by Crippen LogP contribution is -2.31. The number of anilines is 1. The number of methoxy groups -OCH3 is 1. The monoisotopic (exact) mass is 289 g/mol. The molecular formula is C11H13BrFNO2. The van der Waals surface area contributed by atoms with Gasteiger partial charge in [-0.1, -0.05) is 22.0 Å². The van der Waals surface area contributed by atoms with Crippen molar-refractivity contribution < 1.29 is 13.9 Å². The van der Waals surface area contributed by atoms with Crippen LogP contribution in [0.1, 0.15) is 0 Å². The van der Waals surface area contributed by atoms with Crippen molar-refractivity contribution in [3.8, 4) is 0 Å². The Morgan fingerprint density at radius 1 is 1.62 bits per heavy atom. The number of ether oxygens (including phenoxy) is 1. The van der Waals surface area contributed by atoms with Crippen LogP contribution in [0.15, 0.2) is 24.3 Å². The molecule has 0 fully saturated rings. The van der Waals surface area contributed by atoms with Crippen molar-refractivity contribution in [2.45, 2.75) is 4.83 Å². The summed E-state index contributed by atoms with van der Waals surface area (Å²) in [6, 6.07) is 6.20. The maximum Gasteiger partial charge on any atom is 0.321 e. The van der Waals surface area contributed by atoms with Gasteiger partial charge in [-0.15, -0.1) is 0 Å². The van der Waals surface area contributed by atoms with Gasteiger partial charge in [-0.3, -0.25) is 4.79 Å². The van der Waals surface area contributed by atoms with Crippen LogP contribution in [-0.4, -0.2) is 31.5 Å². The average Bonchev–Trinajstić information content (AvgIpc) is 2.27. The van der Waals surface area contributed by atoms with Gasteiger partial charge in [0.25, 0.3) is 0 Å². The molecule has 0 saturated heterocycles. The summed E-state index contributed by atoms with van der Waals surface area (Å²) in [7, 11) is 3.12. The largest absolute Gasteiger partial charge is 0.468 e. The highest BCUT2D eigenvalue weighted by atomic mass is 79.9. The summed E-state index contributed by atoms with van der Waals surface area (Å²) in [6.45, 7) is 0.413. The minimum absolute atomic E-state index is 0.298. The zero-order valence-corrected chi connectivity index (χ0v) is 10.7. The van der Waals surface area contributed by atoms with Crippen LogP contribution in [0.2, 0.25) is 0 Å². The lowest BCUT2D eigenvalue weighted by molar-refractivity contribution is -0.139. The molecule has 0 bridgehead atoms. The van der Waals surface area contributed by atoms with E-state index in [4.69, 9.17) is 0 Å². The van der Waals surface area contributed by atoms with Crippen molar-refractivity contribution in [3.63, 3.8) is 0 Å². The van der Waals surface area contributed by atoms with Crippen molar-refractivity contribution in [3.05, 3.63) is 30.1 Å². The Balaban J connectivity index is 2.65. The van der Waals surface area contributed by atoms with E-state index in [-0.39, 0.29) is 11.8 Å². The van der Waals surface area contributed by atoms with Gasteiger partial charge in [0.15, 0.2) is 0 Å². The molecule has 1 rings (SSSR count). The number of alkyl halides is 1. The van der Waals surface area contributed by atoms with Crippen LogP contribution in [0, 0.1) is 5.82 Å². The summed E-state index contributed by atoms with van der Waals surface area (Å²) in [5.41, 5.74) is 0.716. The highest BCUT2D eigenvalue weighted by molar-refractivity contribution is 9.10. The molecule has 0 radical (unpaired) electrons. The molecule has 5 heteroatoms. The fourth-order valence-corrected chi connectivity index (χ4v) is 1.88. The van der Waals surface area contributed by atoms with E-state index >= 15 is 0 Å². The van der Waals surface area contributed by atoms with Gasteiger partial charge in [-0.05, 0) is 18.2 Å². The van der Waals surface area contributed by atoms with Gasteiger partial charge in [0.1, 0.15) is 10.6 Å². The van der Waals surface area contributed by atoms with Crippen LogP contribution in [0.25, 0.3) is 0 Å². The molecule has 0 spiro atoms. The number of hydrogen-bond donors (Lipinski definition) is 0. The molecule has 0 saturated carbocycles. The third-order valence-electron chi connectivity index (χ3n) is 2.14. The smallest absolute Gasteiger partial charge is 0.321 e. The van der Waals surface area contributed by atoms with Crippen molar-refractivity contribution in [1.82, 2.24) is 0 Å². The Kier molecular flexibility index (Phi) is 4.73. The molecule has 1 atom stereocenters. The number of nitrogens with zero attached hydrogens (tertiary/aromatic N) is 1. The van der Waals surface area contributed by atoms with Gasteiger partial charge in [-0.2, -0.15) is 0 Å². The molecule has 0 aliphatic heterocycles. The predicted octanol–water partition coefficient (Wildman–Crippen LogP) is 2.20. The SMILES string of the molecule is COC(=O)C(Br)CN(C)c1cccc(F)c1. The number of esters is 1. The Morgan fingerprint density at radius 3 is 2.88 bits per heavy atom. The average molecular weight is 290 g/mol. The molecular weight excluding hydrogens is 277 g/mol. The molecule has 3 nitrogen and oxygen atoms in total. The number of carbonyl (C=O) groups is 1. The number of benzene rings is 1. The summed E-state index contributed by atoms with van der Waals surface area (Å²) in [4.78, 5) is 12.5. The number of rotatable bonds is 4. The number of halogens is 2. The Morgan fingerprint density at radius 2 is 2.31 bits per heavy atom. The van der Waals surface area contributed by atoms with E-state index in [0.29, 0.717) is 12.2 Å². The summed E-state index contributed by atoms with van der Waals surface area (Å²) in [5.74, 6) is -0.642. The van der Waals surface area contributed by atoms with Crippen molar-refractivity contribution in [2.75, 3.05) is 25.6 Å². The van der Waals surface area contributed by atoms with Gasteiger partial charge in [-0.25, -0.2) is 4.39 Å². The Labute approximate surface area is 102 Å². The van der Waals surface area contributed by atoms with Gasteiger partial charge in [0.2, 0.25) is 0 Å². The third kappa shape index (κ3) is 3.48. The van der Waals surface area contributed by atoms with E-state index in [1.54, 1.807) is 24.1 Å². The molecule has 0 aliphatic rings. The standard InChI is InChI=1S/C11H13BrFNO2/c1-14(7-10(12)11(15)16-2)9-5-3-4-8(13)6-9/h3-6,10H,7H2,1-2H3. The minimum Gasteiger partial charge on any atom is -0.468 e. The van der Waals surface area contributed by atoms with E-state index in [1.807, 2.05) is 0 Å². The normalized spacial score (nSPS) is 12.0. The molecule has 0 aliphatic carbocycles. The molecule has 0 N–H and O–H groups in total.